The third kappa shape index (κ3) is 3.84. The quantitative estimate of drug-likeness (QED) is 0.804. The van der Waals surface area contributed by atoms with Gasteiger partial charge in [0.05, 0.1) is 12.1 Å². The molecule has 0 N–H and O–H groups in total. The van der Waals surface area contributed by atoms with Gasteiger partial charge in [-0.05, 0) is 39.2 Å². The number of amides is 2. The third-order valence-corrected chi connectivity index (χ3v) is 4.66. The summed E-state index contributed by atoms with van der Waals surface area (Å²) in [4.78, 5) is 28.3. The SMILES string of the molecule is C=C1C2CCC(CN1C(=O)OCc1ccccc1)N2C(=O)OC(C)(C)C. The van der Waals surface area contributed by atoms with Gasteiger partial charge >= 0.3 is 12.2 Å². The molecule has 2 aliphatic rings. The second-order valence-corrected chi connectivity index (χ2v) is 7.78. The summed E-state index contributed by atoms with van der Waals surface area (Å²) in [7, 11) is 0. The molecule has 26 heavy (non-hydrogen) atoms. The fourth-order valence-corrected chi connectivity index (χ4v) is 3.48. The minimum absolute atomic E-state index is 0.0652. The van der Waals surface area contributed by atoms with E-state index in [-0.39, 0.29) is 24.8 Å². The van der Waals surface area contributed by atoms with Crippen molar-refractivity contribution >= 4 is 12.2 Å². The Bertz CT molecular complexity index is 696. The molecule has 2 heterocycles. The Morgan fingerprint density at radius 3 is 2.50 bits per heavy atom. The highest BCUT2D eigenvalue weighted by Gasteiger charge is 2.48. The molecule has 2 unspecified atom stereocenters. The molecule has 2 atom stereocenters. The van der Waals surface area contributed by atoms with E-state index < -0.39 is 11.7 Å². The number of fused-ring (bicyclic) bond motifs is 2. The number of hydrogen-bond donors (Lipinski definition) is 0. The van der Waals surface area contributed by atoms with E-state index in [1.807, 2.05) is 51.1 Å². The summed E-state index contributed by atoms with van der Waals surface area (Å²) in [5.41, 5.74) is 0.980. The van der Waals surface area contributed by atoms with Gasteiger partial charge < -0.3 is 9.47 Å². The zero-order valence-corrected chi connectivity index (χ0v) is 15.6. The average molecular weight is 358 g/mol. The summed E-state index contributed by atoms with van der Waals surface area (Å²) in [5.74, 6) is 0. The van der Waals surface area contributed by atoms with Crippen LogP contribution in [-0.2, 0) is 16.1 Å². The third-order valence-electron chi connectivity index (χ3n) is 4.66. The summed E-state index contributed by atoms with van der Waals surface area (Å²) in [6.45, 7) is 10.2. The predicted octanol–water partition coefficient (Wildman–Crippen LogP) is 3.92. The van der Waals surface area contributed by atoms with E-state index in [1.165, 1.54) is 0 Å². The lowest BCUT2D eigenvalue weighted by Crippen LogP contribution is -2.56. The van der Waals surface area contributed by atoms with E-state index in [2.05, 4.69) is 6.58 Å². The first kappa shape index (κ1) is 18.3. The Balaban J connectivity index is 1.64. The number of hydrogen-bond acceptors (Lipinski definition) is 4. The minimum Gasteiger partial charge on any atom is -0.444 e. The van der Waals surface area contributed by atoms with Crippen molar-refractivity contribution in [2.75, 3.05) is 6.54 Å². The van der Waals surface area contributed by atoms with Crippen LogP contribution in [0.4, 0.5) is 9.59 Å². The van der Waals surface area contributed by atoms with Crippen molar-refractivity contribution in [3.05, 3.63) is 48.2 Å². The Kier molecular flexibility index (Phi) is 4.94. The summed E-state index contributed by atoms with van der Waals surface area (Å²) < 4.78 is 10.9. The molecule has 6 heteroatoms. The highest BCUT2D eigenvalue weighted by molar-refractivity contribution is 5.74. The second kappa shape index (κ2) is 7.02. The van der Waals surface area contributed by atoms with E-state index in [0.29, 0.717) is 12.2 Å². The summed E-state index contributed by atoms with van der Waals surface area (Å²) >= 11 is 0. The summed E-state index contributed by atoms with van der Waals surface area (Å²) in [6, 6.07) is 9.26. The summed E-state index contributed by atoms with van der Waals surface area (Å²) in [6.07, 6.45) is 0.847. The van der Waals surface area contributed by atoms with Crippen molar-refractivity contribution in [1.29, 1.82) is 0 Å². The van der Waals surface area contributed by atoms with Gasteiger partial charge in [-0.1, -0.05) is 36.9 Å². The molecule has 2 amide bonds. The van der Waals surface area contributed by atoms with Crippen molar-refractivity contribution in [2.45, 2.75) is 57.9 Å². The van der Waals surface area contributed by atoms with Gasteiger partial charge in [0.25, 0.3) is 0 Å². The Morgan fingerprint density at radius 1 is 1.15 bits per heavy atom. The van der Waals surface area contributed by atoms with Gasteiger partial charge in [0.2, 0.25) is 0 Å². The molecule has 0 spiro atoms. The van der Waals surface area contributed by atoms with E-state index >= 15 is 0 Å². The zero-order chi connectivity index (χ0) is 18.9. The molecule has 0 aliphatic carbocycles. The van der Waals surface area contributed by atoms with Crippen LogP contribution in [0.1, 0.15) is 39.2 Å². The van der Waals surface area contributed by atoms with Crippen molar-refractivity contribution in [1.82, 2.24) is 9.80 Å². The monoisotopic (exact) mass is 358 g/mol. The molecular formula is C20H26N2O4. The largest absolute Gasteiger partial charge is 0.444 e. The van der Waals surface area contributed by atoms with Gasteiger partial charge in [0, 0.05) is 12.2 Å². The number of benzene rings is 1. The van der Waals surface area contributed by atoms with Crippen LogP contribution in [-0.4, -0.2) is 46.2 Å². The van der Waals surface area contributed by atoms with Crippen molar-refractivity contribution in [3.8, 4) is 0 Å². The number of likely N-dealkylation sites (tertiary alicyclic amines) is 1. The first-order chi connectivity index (χ1) is 12.3. The first-order valence-electron chi connectivity index (χ1n) is 8.94. The van der Waals surface area contributed by atoms with Gasteiger partial charge in [-0.2, -0.15) is 0 Å². The fourth-order valence-electron chi connectivity index (χ4n) is 3.48. The highest BCUT2D eigenvalue weighted by Crippen LogP contribution is 2.37. The van der Waals surface area contributed by atoms with Gasteiger partial charge in [-0.15, -0.1) is 0 Å². The molecule has 2 aliphatic heterocycles. The molecule has 0 saturated carbocycles. The van der Waals surface area contributed by atoms with Crippen LogP contribution in [0.15, 0.2) is 42.6 Å². The van der Waals surface area contributed by atoms with E-state index in [1.54, 1.807) is 9.80 Å². The van der Waals surface area contributed by atoms with E-state index in [4.69, 9.17) is 9.47 Å². The van der Waals surface area contributed by atoms with Gasteiger partial charge in [-0.25, -0.2) is 9.59 Å². The predicted molar refractivity (Wildman–Crippen MR) is 97.4 cm³/mol. The molecule has 2 saturated heterocycles. The smallest absolute Gasteiger partial charge is 0.414 e. The molecule has 1 aromatic carbocycles. The molecule has 140 valence electrons. The number of carbonyl (C=O) groups is 2. The second-order valence-electron chi connectivity index (χ2n) is 7.78. The van der Waals surface area contributed by atoms with Crippen LogP contribution in [0.2, 0.25) is 0 Å². The molecule has 2 bridgehead atoms. The van der Waals surface area contributed by atoms with Gasteiger partial charge in [-0.3, -0.25) is 9.80 Å². The van der Waals surface area contributed by atoms with Crippen molar-refractivity contribution < 1.29 is 19.1 Å². The van der Waals surface area contributed by atoms with Crippen LogP contribution in [0.25, 0.3) is 0 Å². The minimum atomic E-state index is -0.552. The standard InChI is InChI=1S/C20H26N2O4/c1-14-17-11-10-16(22(17)19(24)26-20(2,3)4)12-21(14)18(23)25-13-15-8-6-5-7-9-15/h5-9,16-17H,1,10-13H2,2-4H3. The van der Waals surface area contributed by atoms with Crippen molar-refractivity contribution in [3.63, 3.8) is 0 Å². The number of rotatable bonds is 2. The molecule has 6 nitrogen and oxygen atoms in total. The molecule has 3 rings (SSSR count). The number of piperazine rings is 1. The Morgan fingerprint density at radius 2 is 1.85 bits per heavy atom. The number of nitrogens with zero attached hydrogens (tertiary/aromatic N) is 2. The van der Waals surface area contributed by atoms with Crippen LogP contribution < -0.4 is 0 Å². The van der Waals surface area contributed by atoms with E-state index in [9.17, 15) is 9.59 Å². The van der Waals surface area contributed by atoms with Gasteiger partial charge in [0.1, 0.15) is 12.2 Å². The first-order valence-corrected chi connectivity index (χ1v) is 8.94. The number of carbonyl (C=O) groups excluding carboxylic acids is 2. The topological polar surface area (TPSA) is 59.1 Å². The lowest BCUT2D eigenvalue weighted by atomic mass is 10.1. The normalized spacial score (nSPS) is 22.3. The maximum Gasteiger partial charge on any atom is 0.414 e. The van der Waals surface area contributed by atoms with Crippen LogP contribution >= 0.6 is 0 Å². The molecule has 1 aromatic rings. The van der Waals surface area contributed by atoms with Crippen LogP contribution in [0.5, 0.6) is 0 Å². The number of ether oxygens (including phenoxy) is 2. The summed E-state index contributed by atoms with van der Waals surface area (Å²) in [5, 5.41) is 0. The van der Waals surface area contributed by atoms with Crippen LogP contribution in [0.3, 0.4) is 0 Å². The molecule has 0 radical (unpaired) electrons. The lowest BCUT2D eigenvalue weighted by Gasteiger charge is -2.42. The Hall–Kier alpha value is -2.50. The lowest BCUT2D eigenvalue weighted by molar-refractivity contribution is 0.00366. The van der Waals surface area contributed by atoms with Crippen molar-refractivity contribution in [2.24, 2.45) is 0 Å². The van der Waals surface area contributed by atoms with Gasteiger partial charge in [0.15, 0.2) is 0 Å². The van der Waals surface area contributed by atoms with Crippen LogP contribution in [0, 0.1) is 0 Å². The zero-order valence-electron chi connectivity index (χ0n) is 15.6. The molecular weight excluding hydrogens is 332 g/mol. The molecule has 2 fully saturated rings. The molecule has 0 aromatic heterocycles. The average Bonchev–Trinajstić information content (AvgIpc) is 2.93. The fraction of sp³-hybridized carbons (Fsp3) is 0.500. The highest BCUT2D eigenvalue weighted by atomic mass is 16.6. The maximum atomic E-state index is 12.5. The Labute approximate surface area is 154 Å². The van der Waals surface area contributed by atoms with E-state index in [0.717, 1.165) is 18.4 Å². The maximum absolute atomic E-state index is 12.5.